The van der Waals surface area contributed by atoms with Crippen molar-refractivity contribution in [3.05, 3.63) is 64.7 Å². The first-order valence-corrected chi connectivity index (χ1v) is 7.88. The van der Waals surface area contributed by atoms with Gasteiger partial charge >= 0.3 is 0 Å². The molecule has 1 aliphatic heterocycles. The van der Waals surface area contributed by atoms with Crippen molar-refractivity contribution >= 4 is 17.3 Å². The second-order valence-electron chi connectivity index (χ2n) is 5.83. The summed E-state index contributed by atoms with van der Waals surface area (Å²) in [6, 6.07) is 17.1. The zero-order valence-corrected chi connectivity index (χ0v) is 13.1. The van der Waals surface area contributed by atoms with E-state index >= 15 is 0 Å². The summed E-state index contributed by atoms with van der Waals surface area (Å²) in [4.78, 5) is 2.47. The number of fused-ring (bicyclic) bond motifs is 1. The van der Waals surface area contributed by atoms with Crippen LogP contribution in [0.15, 0.2) is 48.5 Å². The van der Waals surface area contributed by atoms with Crippen LogP contribution in [0.5, 0.6) is 0 Å². The van der Waals surface area contributed by atoms with Gasteiger partial charge in [-0.1, -0.05) is 41.9 Å². The molecular weight excluding hydrogens is 280 g/mol. The van der Waals surface area contributed by atoms with Crippen LogP contribution in [0.1, 0.15) is 30.5 Å². The molecule has 2 atom stereocenters. The average Bonchev–Trinajstić information content (AvgIpc) is 2.80. The van der Waals surface area contributed by atoms with Gasteiger partial charge in [-0.15, -0.1) is 0 Å². The Morgan fingerprint density at radius 1 is 1.24 bits per heavy atom. The minimum atomic E-state index is 0.0312. The molecule has 0 radical (unpaired) electrons. The highest BCUT2D eigenvalue weighted by atomic mass is 35.5. The standard InChI is InChI=1S/C18H21ClN2/c1-13-11-15-5-2-3-8-18(15)21(13)10-9-17(20)14-6-4-7-16(19)12-14/h2-8,12-13,17H,9-11,20H2,1H3. The Labute approximate surface area is 131 Å². The number of rotatable bonds is 4. The van der Waals surface area contributed by atoms with E-state index in [4.69, 9.17) is 17.3 Å². The fourth-order valence-corrected chi connectivity index (χ4v) is 3.35. The molecule has 0 bridgehead atoms. The van der Waals surface area contributed by atoms with E-state index < -0.39 is 0 Å². The highest BCUT2D eigenvalue weighted by Gasteiger charge is 2.25. The van der Waals surface area contributed by atoms with Gasteiger partial charge in [0.05, 0.1) is 0 Å². The van der Waals surface area contributed by atoms with Crippen LogP contribution >= 0.6 is 11.6 Å². The molecule has 2 nitrogen and oxygen atoms in total. The molecule has 0 fully saturated rings. The number of halogens is 1. The summed E-state index contributed by atoms with van der Waals surface area (Å²) in [5, 5.41) is 0.753. The van der Waals surface area contributed by atoms with Gasteiger partial charge in [0.1, 0.15) is 0 Å². The van der Waals surface area contributed by atoms with Crippen molar-refractivity contribution in [1.29, 1.82) is 0 Å². The van der Waals surface area contributed by atoms with Crippen LogP contribution < -0.4 is 10.6 Å². The first kappa shape index (κ1) is 14.4. The van der Waals surface area contributed by atoms with Crippen molar-refractivity contribution in [1.82, 2.24) is 0 Å². The maximum atomic E-state index is 6.32. The summed E-state index contributed by atoms with van der Waals surface area (Å²) in [6.07, 6.45) is 2.06. The van der Waals surface area contributed by atoms with E-state index in [0.717, 1.165) is 30.0 Å². The van der Waals surface area contributed by atoms with E-state index in [9.17, 15) is 0 Å². The van der Waals surface area contributed by atoms with Crippen molar-refractivity contribution in [2.45, 2.75) is 31.8 Å². The molecule has 3 heteroatoms. The highest BCUT2D eigenvalue weighted by molar-refractivity contribution is 6.30. The fourth-order valence-electron chi connectivity index (χ4n) is 3.15. The van der Waals surface area contributed by atoms with Crippen molar-refractivity contribution in [3.8, 4) is 0 Å². The largest absolute Gasteiger partial charge is 0.368 e. The van der Waals surface area contributed by atoms with Gasteiger partial charge in [0, 0.05) is 29.3 Å². The quantitative estimate of drug-likeness (QED) is 0.918. The molecule has 21 heavy (non-hydrogen) atoms. The maximum Gasteiger partial charge on any atom is 0.0409 e. The van der Waals surface area contributed by atoms with Crippen LogP contribution in [-0.2, 0) is 6.42 Å². The van der Waals surface area contributed by atoms with Gasteiger partial charge in [-0.05, 0) is 49.1 Å². The van der Waals surface area contributed by atoms with Crippen molar-refractivity contribution < 1.29 is 0 Å². The second kappa shape index (κ2) is 6.08. The zero-order valence-electron chi connectivity index (χ0n) is 12.3. The van der Waals surface area contributed by atoms with Gasteiger partial charge in [-0.3, -0.25) is 0 Å². The van der Waals surface area contributed by atoms with Crippen LogP contribution in [0.3, 0.4) is 0 Å². The van der Waals surface area contributed by atoms with Crippen molar-refractivity contribution in [2.75, 3.05) is 11.4 Å². The zero-order chi connectivity index (χ0) is 14.8. The summed E-state index contributed by atoms with van der Waals surface area (Å²) in [6.45, 7) is 3.26. The third-order valence-corrected chi connectivity index (χ3v) is 4.54. The molecule has 0 amide bonds. The average molecular weight is 301 g/mol. The summed E-state index contributed by atoms with van der Waals surface area (Å²) in [5.74, 6) is 0. The summed E-state index contributed by atoms with van der Waals surface area (Å²) >= 11 is 6.04. The number of nitrogens with zero attached hydrogens (tertiary/aromatic N) is 1. The normalized spacial score (nSPS) is 18.6. The fraction of sp³-hybridized carbons (Fsp3) is 0.333. The Hall–Kier alpha value is -1.51. The molecule has 0 saturated heterocycles. The second-order valence-corrected chi connectivity index (χ2v) is 6.26. The van der Waals surface area contributed by atoms with Crippen molar-refractivity contribution in [2.24, 2.45) is 5.73 Å². The predicted octanol–water partition coefficient (Wildman–Crippen LogP) is 4.18. The molecular formula is C18H21ClN2. The van der Waals surface area contributed by atoms with Crippen LogP contribution in [0, 0.1) is 0 Å². The lowest BCUT2D eigenvalue weighted by Crippen LogP contribution is -2.32. The third kappa shape index (κ3) is 3.07. The maximum absolute atomic E-state index is 6.32. The summed E-state index contributed by atoms with van der Waals surface area (Å²) < 4.78 is 0. The Kier molecular flexibility index (Phi) is 4.18. The van der Waals surface area contributed by atoms with Crippen LogP contribution in [0.2, 0.25) is 5.02 Å². The molecule has 1 aliphatic rings. The van der Waals surface area contributed by atoms with Gasteiger partial charge in [0.2, 0.25) is 0 Å². The molecule has 2 aromatic carbocycles. The molecule has 3 rings (SSSR count). The SMILES string of the molecule is CC1Cc2ccccc2N1CCC(N)c1cccc(Cl)c1. The molecule has 0 aliphatic carbocycles. The molecule has 0 aromatic heterocycles. The highest BCUT2D eigenvalue weighted by Crippen LogP contribution is 2.32. The number of nitrogens with two attached hydrogens (primary N) is 1. The molecule has 0 spiro atoms. The lowest BCUT2D eigenvalue weighted by molar-refractivity contribution is 0.592. The van der Waals surface area contributed by atoms with Gasteiger partial charge in [-0.2, -0.15) is 0 Å². The van der Waals surface area contributed by atoms with Gasteiger partial charge in [0.25, 0.3) is 0 Å². The summed E-state index contributed by atoms with van der Waals surface area (Å²) in [5.41, 5.74) is 10.2. The monoisotopic (exact) mass is 300 g/mol. The number of benzene rings is 2. The topological polar surface area (TPSA) is 29.3 Å². The number of para-hydroxylation sites is 1. The van der Waals surface area contributed by atoms with Gasteiger partial charge in [-0.25, -0.2) is 0 Å². The molecule has 110 valence electrons. The predicted molar refractivity (Wildman–Crippen MR) is 90.0 cm³/mol. The Bertz CT molecular complexity index is 626. The van der Waals surface area contributed by atoms with Gasteiger partial charge in [0.15, 0.2) is 0 Å². The van der Waals surface area contributed by atoms with E-state index in [-0.39, 0.29) is 6.04 Å². The third-order valence-electron chi connectivity index (χ3n) is 4.31. The first-order valence-electron chi connectivity index (χ1n) is 7.51. The van der Waals surface area contributed by atoms with E-state index in [0.29, 0.717) is 6.04 Å². The number of anilines is 1. The van der Waals surface area contributed by atoms with Crippen molar-refractivity contribution in [3.63, 3.8) is 0 Å². The lowest BCUT2D eigenvalue weighted by Gasteiger charge is -2.26. The van der Waals surface area contributed by atoms with E-state index in [2.05, 4.69) is 42.2 Å². The van der Waals surface area contributed by atoms with Crippen LogP contribution in [0.25, 0.3) is 0 Å². The van der Waals surface area contributed by atoms with Crippen LogP contribution in [0.4, 0.5) is 5.69 Å². The Morgan fingerprint density at radius 3 is 2.86 bits per heavy atom. The molecule has 1 heterocycles. The lowest BCUT2D eigenvalue weighted by atomic mass is 10.0. The molecule has 0 saturated carbocycles. The van der Waals surface area contributed by atoms with Gasteiger partial charge < -0.3 is 10.6 Å². The number of hydrogen-bond donors (Lipinski definition) is 1. The van der Waals surface area contributed by atoms with E-state index in [1.807, 2.05) is 18.2 Å². The smallest absolute Gasteiger partial charge is 0.0409 e. The van der Waals surface area contributed by atoms with E-state index in [1.165, 1.54) is 11.3 Å². The Morgan fingerprint density at radius 2 is 2.05 bits per heavy atom. The first-order chi connectivity index (χ1) is 10.1. The minimum Gasteiger partial charge on any atom is -0.368 e. The molecule has 2 N–H and O–H groups in total. The molecule has 2 aromatic rings. The summed E-state index contributed by atoms with van der Waals surface area (Å²) in [7, 11) is 0. The Balaban J connectivity index is 1.68. The van der Waals surface area contributed by atoms with Crippen LogP contribution in [-0.4, -0.2) is 12.6 Å². The van der Waals surface area contributed by atoms with E-state index in [1.54, 1.807) is 0 Å². The molecule has 2 unspecified atom stereocenters. The minimum absolute atomic E-state index is 0.0312. The number of hydrogen-bond acceptors (Lipinski definition) is 2.